The Kier molecular flexibility index (Phi) is 6.84. The Hall–Kier alpha value is -2.60. The van der Waals surface area contributed by atoms with Gasteiger partial charge >= 0.3 is 0 Å². The summed E-state index contributed by atoms with van der Waals surface area (Å²) in [6.45, 7) is 6.23. The molecule has 2 heterocycles. The van der Waals surface area contributed by atoms with Crippen molar-refractivity contribution in [1.29, 1.82) is 0 Å². The Morgan fingerprint density at radius 1 is 1.00 bits per heavy atom. The summed E-state index contributed by atoms with van der Waals surface area (Å²) < 4.78 is 23.2. The smallest absolute Gasteiger partial charge is 0.129 e. The number of benzene rings is 2. The van der Waals surface area contributed by atoms with Crippen LogP contribution in [0.4, 0.5) is 0 Å². The maximum absolute atomic E-state index is 6.10. The second-order valence-electron chi connectivity index (χ2n) is 7.47. The normalized spacial score (nSPS) is 15.3. The number of fused-ring (bicyclic) bond motifs is 1. The molecule has 5 nitrogen and oxygen atoms in total. The van der Waals surface area contributed by atoms with E-state index in [4.69, 9.17) is 18.6 Å². The average molecular weight is 408 g/mol. The molecular formula is C25H29NO4. The van der Waals surface area contributed by atoms with E-state index in [0.717, 1.165) is 48.0 Å². The van der Waals surface area contributed by atoms with Gasteiger partial charge in [0.05, 0.1) is 6.54 Å². The highest BCUT2D eigenvalue weighted by atomic mass is 16.5. The number of furan rings is 1. The van der Waals surface area contributed by atoms with E-state index in [1.807, 2.05) is 25.1 Å². The molecule has 0 N–H and O–H groups in total. The van der Waals surface area contributed by atoms with Crippen LogP contribution in [-0.2, 0) is 29.2 Å². The lowest BCUT2D eigenvalue weighted by Crippen LogP contribution is -2.25. The molecule has 1 atom stereocenters. The van der Waals surface area contributed by atoms with Gasteiger partial charge in [-0.25, -0.2) is 0 Å². The maximum atomic E-state index is 6.10. The first-order valence-electron chi connectivity index (χ1n) is 10.5. The molecular weight excluding hydrogens is 378 g/mol. The molecule has 0 saturated heterocycles. The molecule has 0 amide bonds. The lowest BCUT2D eigenvalue weighted by Gasteiger charge is -2.21. The van der Waals surface area contributed by atoms with Crippen molar-refractivity contribution in [2.45, 2.75) is 32.7 Å². The van der Waals surface area contributed by atoms with Gasteiger partial charge in [-0.3, -0.25) is 4.90 Å². The van der Waals surface area contributed by atoms with Gasteiger partial charge in [0, 0.05) is 32.4 Å². The Labute approximate surface area is 178 Å². The zero-order valence-electron chi connectivity index (χ0n) is 17.7. The summed E-state index contributed by atoms with van der Waals surface area (Å²) in [5, 5.41) is 0. The largest absolute Gasteiger partial charge is 0.492 e. The predicted molar refractivity (Wildman–Crippen MR) is 115 cm³/mol. The molecule has 3 aromatic rings. The summed E-state index contributed by atoms with van der Waals surface area (Å²) in [5.41, 5.74) is 3.48. The predicted octanol–water partition coefficient (Wildman–Crippen LogP) is 4.95. The van der Waals surface area contributed by atoms with Crippen molar-refractivity contribution < 1.29 is 18.6 Å². The van der Waals surface area contributed by atoms with Crippen LogP contribution in [0.25, 0.3) is 0 Å². The van der Waals surface area contributed by atoms with E-state index in [1.54, 1.807) is 7.11 Å². The number of rotatable bonds is 8. The molecule has 1 aliphatic rings. The van der Waals surface area contributed by atoms with Gasteiger partial charge in [-0.05, 0) is 42.3 Å². The van der Waals surface area contributed by atoms with Crippen LogP contribution in [0.1, 0.15) is 41.2 Å². The number of hydrogen-bond donors (Lipinski definition) is 0. The van der Waals surface area contributed by atoms with Gasteiger partial charge in [0.15, 0.2) is 0 Å². The number of hydrogen-bond acceptors (Lipinski definition) is 5. The van der Waals surface area contributed by atoms with Crippen LogP contribution in [0.2, 0.25) is 0 Å². The molecule has 2 aromatic carbocycles. The zero-order valence-corrected chi connectivity index (χ0v) is 17.7. The van der Waals surface area contributed by atoms with E-state index < -0.39 is 0 Å². The third-order valence-electron chi connectivity index (χ3n) is 5.27. The molecule has 1 aromatic heterocycles. The second kappa shape index (κ2) is 9.94. The quantitative estimate of drug-likeness (QED) is 0.529. The number of methoxy groups -OCH3 is 1. The van der Waals surface area contributed by atoms with Crippen LogP contribution < -0.4 is 4.74 Å². The van der Waals surface area contributed by atoms with Crippen LogP contribution in [0, 0.1) is 0 Å². The Bertz CT molecular complexity index is 937. The fourth-order valence-electron chi connectivity index (χ4n) is 3.89. The molecule has 5 heteroatoms. The van der Waals surface area contributed by atoms with Crippen molar-refractivity contribution in [3.63, 3.8) is 0 Å². The van der Waals surface area contributed by atoms with E-state index in [9.17, 15) is 0 Å². The highest BCUT2D eigenvalue weighted by Gasteiger charge is 2.20. The molecule has 158 valence electrons. The molecule has 0 radical (unpaired) electrons. The monoisotopic (exact) mass is 407 g/mol. The minimum Gasteiger partial charge on any atom is -0.492 e. The van der Waals surface area contributed by atoms with Gasteiger partial charge in [0.2, 0.25) is 0 Å². The summed E-state index contributed by atoms with van der Waals surface area (Å²) in [7, 11) is 1.67. The molecule has 0 fully saturated rings. The third-order valence-corrected chi connectivity index (χ3v) is 5.27. The molecule has 0 saturated carbocycles. The Morgan fingerprint density at radius 3 is 2.63 bits per heavy atom. The van der Waals surface area contributed by atoms with Gasteiger partial charge in [0.25, 0.3) is 0 Å². The molecule has 0 aliphatic carbocycles. The van der Waals surface area contributed by atoms with Crippen LogP contribution in [0.15, 0.2) is 65.1 Å². The Morgan fingerprint density at radius 2 is 1.83 bits per heavy atom. The third kappa shape index (κ3) is 4.93. The topological polar surface area (TPSA) is 44.1 Å². The van der Waals surface area contributed by atoms with Gasteiger partial charge < -0.3 is 18.6 Å². The van der Waals surface area contributed by atoms with Crippen molar-refractivity contribution >= 4 is 0 Å². The second-order valence-corrected chi connectivity index (χ2v) is 7.47. The molecule has 4 rings (SSSR count). The van der Waals surface area contributed by atoms with E-state index in [-0.39, 0.29) is 6.10 Å². The lowest BCUT2D eigenvalue weighted by atomic mass is 9.99. The standard InChI is InChI=1S/C25H29NO4/c1-3-28-25(19-7-5-4-6-8-19)20-9-12-24-21(15-20)16-26(13-14-29-24)17-22-10-11-23(30-22)18-27-2/h4-12,15,25H,3,13-14,16-18H2,1-2H3. The van der Waals surface area contributed by atoms with Crippen LogP contribution in [0.3, 0.4) is 0 Å². The zero-order chi connectivity index (χ0) is 20.8. The SMILES string of the molecule is CCOC(c1ccccc1)c1ccc2c(c1)CN(Cc1ccc(COC)o1)CCO2. The van der Waals surface area contributed by atoms with Crippen molar-refractivity contribution in [3.05, 3.63) is 88.9 Å². The molecule has 30 heavy (non-hydrogen) atoms. The number of nitrogens with zero attached hydrogens (tertiary/aromatic N) is 1. The first kappa shape index (κ1) is 20.7. The fraction of sp³-hybridized carbons (Fsp3) is 0.360. The van der Waals surface area contributed by atoms with Gasteiger partial charge in [-0.1, -0.05) is 36.4 Å². The summed E-state index contributed by atoms with van der Waals surface area (Å²) >= 11 is 0. The minimum atomic E-state index is -0.0834. The van der Waals surface area contributed by atoms with Crippen LogP contribution in [-0.4, -0.2) is 31.8 Å². The number of ether oxygens (including phenoxy) is 3. The molecule has 1 unspecified atom stereocenters. The van der Waals surface area contributed by atoms with Crippen LogP contribution >= 0.6 is 0 Å². The molecule has 1 aliphatic heterocycles. The van der Waals surface area contributed by atoms with E-state index >= 15 is 0 Å². The van der Waals surface area contributed by atoms with E-state index in [2.05, 4.69) is 47.4 Å². The van der Waals surface area contributed by atoms with Gasteiger partial charge in [-0.2, -0.15) is 0 Å². The van der Waals surface area contributed by atoms with E-state index in [1.165, 1.54) is 5.56 Å². The van der Waals surface area contributed by atoms with Crippen molar-refractivity contribution in [3.8, 4) is 5.75 Å². The highest BCUT2D eigenvalue weighted by Crippen LogP contribution is 2.32. The Balaban J connectivity index is 1.54. The average Bonchev–Trinajstić information content (AvgIpc) is 3.10. The van der Waals surface area contributed by atoms with E-state index in [0.29, 0.717) is 19.8 Å². The van der Waals surface area contributed by atoms with Crippen LogP contribution in [0.5, 0.6) is 5.75 Å². The lowest BCUT2D eigenvalue weighted by molar-refractivity contribution is 0.0912. The first-order chi connectivity index (χ1) is 14.8. The summed E-state index contributed by atoms with van der Waals surface area (Å²) in [4.78, 5) is 2.35. The summed E-state index contributed by atoms with van der Waals surface area (Å²) in [5.74, 6) is 2.74. The molecule has 0 bridgehead atoms. The van der Waals surface area contributed by atoms with Gasteiger partial charge in [-0.15, -0.1) is 0 Å². The van der Waals surface area contributed by atoms with Crippen molar-refractivity contribution in [2.24, 2.45) is 0 Å². The molecule has 0 spiro atoms. The van der Waals surface area contributed by atoms with Crippen molar-refractivity contribution in [1.82, 2.24) is 4.90 Å². The summed E-state index contributed by atoms with van der Waals surface area (Å²) in [6.07, 6.45) is -0.0834. The fourth-order valence-corrected chi connectivity index (χ4v) is 3.89. The van der Waals surface area contributed by atoms with Gasteiger partial charge in [0.1, 0.15) is 36.6 Å². The first-order valence-corrected chi connectivity index (χ1v) is 10.5. The highest BCUT2D eigenvalue weighted by molar-refractivity contribution is 5.41. The van der Waals surface area contributed by atoms with Crippen molar-refractivity contribution in [2.75, 3.05) is 26.9 Å². The summed E-state index contributed by atoms with van der Waals surface area (Å²) in [6, 6.07) is 20.8. The maximum Gasteiger partial charge on any atom is 0.129 e. The minimum absolute atomic E-state index is 0.0834.